The summed E-state index contributed by atoms with van der Waals surface area (Å²) in [5, 5.41) is 0. The SMILES string of the molecule is CC[Si](CC)(CC)[C@H]1CC(CCc2ccc3c(c2)OCO3)=N[C@@H]1C(C)C. The fourth-order valence-electron chi connectivity index (χ4n) is 5.01. The van der Waals surface area contributed by atoms with Gasteiger partial charge >= 0.3 is 0 Å². The minimum atomic E-state index is -1.23. The zero-order valence-electron chi connectivity index (χ0n) is 17.2. The first-order valence-corrected chi connectivity index (χ1v) is 13.2. The van der Waals surface area contributed by atoms with Gasteiger partial charge in [0.2, 0.25) is 6.79 Å². The maximum absolute atomic E-state index is 5.52. The van der Waals surface area contributed by atoms with Crippen molar-refractivity contribution >= 4 is 13.8 Å². The topological polar surface area (TPSA) is 30.8 Å². The maximum atomic E-state index is 5.52. The predicted octanol–water partition coefficient (Wildman–Crippen LogP) is 6.10. The van der Waals surface area contributed by atoms with Crippen LogP contribution in [0.3, 0.4) is 0 Å². The van der Waals surface area contributed by atoms with Crippen molar-refractivity contribution in [2.75, 3.05) is 6.79 Å². The van der Waals surface area contributed by atoms with Crippen molar-refractivity contribution in [2.45, 2.75) is 83.6 Å². The maximum Gasteiger partial charge on any atom is 0.231 e. The van der Waals surface area contributed by atoms with Crippen molar-refractivity contribution in [2.24, 2.45) is 10.9 Å². The van der Waals surface area contributed by atoms with Crippen molar-refractivity contribution in [3.05, 3.63) is 23.8 Å². The van der Waals surface area contributed by atoms with E-state index in [1.165, 1.54) is 35.8 Å². The minimum absolute atomic E-state index is 0.348. The molecule has 2 atom stereocenters. The lowest BCUT2D eigenvalue weighted by Gasteiger charge is -2.39. The Labute approximate surface area is 160 Å². The Balaban J connectivity index is 1.69. The van der Waals surface area contributed by atoms with E-state index in [-0.39, 0.29) is 0 Å². The van der Waals surface area contributed by atoms with Gasteiger partial charge in [0.1, 0.15) is 0 Å². The molecule has 0 amide bonds. The van der Waals surface area contributed by atoms with Gasteiger partial charge in [0.25, 0.3) is 0 Å². The second-order valence-electron chi connectivity index (χ2n) is 8.35. The Morgan fingerprint density at radius 2 is 1.73 bits per heavy atom. The lowest BCUT2D eigenvalue weighted by molar-refractivity contribution is 0.174. The van der Waals surface area contributed by atoms with Crippen molar-refractivity contribution < 1.29 is 9.47 Å². The Kier molecular flexibility index (Phi) is 6.11. The number of aliphatic imine (C=N–C) groups is 1. The lowest BCUT2D eigenvalue weighted by Crippen LogP contribution is -2.42. The Morgan fingerprint density at radius 3 is 2.38 bits per heavy atom. The molecule has 4 heteroatoms. The molecule has 2 aliphatic rings. The third-order valence-electron chi connectivity index (χ3n) is 6.92. The summed E-state index contributed by atoms with van der Waals surface area (Å²) < 4.78 is 10.9. The third-order valence-corrected chi connectivity index (χ3v) is 13.3. The highest BCUT2D eigenvalue weighted by Crippen LogP contribution is 2.45. The van der Waals surface area contributed by atoms with Crippen LogP contribution in [0.15, 0.2) is 23.2 Å². The number of rotatable bonds is 8. The van der Waals surface area contributed by atoms with Crippen LogP contribution >= 0.6 is 0 Å². The molecule has 2 aliphatic heterocycles. The predicted molar refractivity (Wildman–Crippen MR) is 113 cm³/mol. The smallest absolute Gasteiger partial charge is 0.231 e. The summed E-state index contributed by atoms with van der Waals surface area (Å²) in [4.78, 5) is 5.26. The van der Waals surface area contributed by atoms with E-state index in [4.69, 9.17) is 14.5 Å². The number of benzene rings is 1. The summed E-state index contributed by atoms with van der Waals surface area (Å²) in [5.41, 5.74) is 3.62. The van der Waals surface area contributed by atoms with Gasteiger partial charge in [-0.05, 0) is 48.4 Å². The first-order chi connectivity index (χ1) is 12.5. The second kappa shape index (κ2) is 8.16. The normalized spacial score (nSPS) is 22.2. The molecule has 0 spiro atoms. The zero-order valence-corrected chi connectivity index (χ0v) is 18.2. The molecule has 0 saturated carbocycles. The summed E-state index contributed by atoms with van der Waals surface area (Å²) in [5.74, 6) is 2.42. The van der Waals surface area contributed by atoms with E-state index in [1.807, 2.05) is 6.07 Å². The van der Waals surface area contributed by atoms with Crippen LogP contribution in [0.1, 0.15) is 53.0 Å². The van der Waals surface area contributed by atoms with E-state index in [1.54, 1.807) is 0 Å². The van der Waals surface area contributed by atoms with Gasteiger partial charge in [-0.15, -0.1) is 0 Å². The zero-order chi connectivity index (χ0) is 18.7. The largest absolute Gasteiger partial charge is 0.454 e. The summed E-state index contributed by atoms with van der Waals surface area (Å²) in [6.45, 7) is 12.4. The van der Waals surface area contributed by atoms with Crippen LogP contribution in [0.2, 0.25) is 23.7 Å². The average molecular weight is 374 g/mol. The first-order valence-electron chi connectivity index (χ1n) is 10.5. The highest BCUT2D eigenvalue weighted by molar-refractivity contribution is 6.81. The van der Waals surface area contributed by atoms with Gasteiger partial charge in [-0.1, -0.05) is 58.8 Å². The molecule has 1 aromatic rings. The average Bonchev–Trinajstić information content (AvgIpc) is 3.29. The lowest BCUT2D eigenvalue weighted by atomic mass is 10.0. The van der Waals surface area contributed by atoms with Gasteiger partial charge < -0.3 is 9.47 Å². The molecule has 3 nitrogen and oxygen atoms in total. The highest BCUT2D eigenvalue weighted by Gasteiger charge is 2.45. The van der Waals surface area contributed by atoms with E-state index in [9.17, 15) is 0 Å². The highest BCUT2D eigenvalue weighted by atomic mass is 28.3. The van der Waals surface area contributed by atoms with Crippen LogP contribution in [0.4, 0.5) is 0 Å². The van der Waals surface area contributed by atoms with Crippen molar-refractivity contribution in [1.29, 1.82) is 0 Å². The molecule has 0 N–H and O–H groups in total. The molecule has 0 aliphatic carbocycles. The monoisotopic (exact) mass is 373 g/mol. The van der Waals surface area contributed by atoms with Crippen LogP contribution < -0.4 is 9.47 Å². The number of hydrogen-bond acceptors (Lipinski definition) is 3. The number of aryl methyl sites for hydroxylation is 1. The molecule has 0 aromatic heterocycles. The molecule has 1 aromatic carbocycles. The van der Waals surface area contributed by atoms with Crippen LogP contribution in [0.25, 0.3) is 0 Å². The molecule has 26 heavy (non-hydrogen) atoms. The Morgan fingerprint density at radius 1 is 1.04 bits per heavy atom. The van der Waals surface area contributed by atoms with Gasteiger partial charge in [0.15, 0.2) is 11.5 Å². The number of nitrogens with zero attached hydrogens (tertiary/aromatic N) is 1. The quantitative estimate of drug-likeness (QED) is 0.516. The van der Waals surface area contributed by atoms with Crippen molar-refractivity contribution in [3.63, 3.8) is 0 Å². The third kappa shape index (κ3) is 3.71. The number of hydrogen-bond donors (Lipinski definition) is 0. The Hall–Kier alpha value is -1.29. The molecule has 0 radical (unpaired) electrons. The van der Waals surface area contributed by atoms with Crippen molar-refractivity contribution in [1.82, 2.24) is 0 Å². The molecular formula is C22H35NO2Si. The Bertz CT molecular complexity index is 643. The first kappa shape index (κ1) is 19.5. The van der Waals surface area contributed by atoms with Crippen LogP contribution in [-0.2, 0) is 6.42 Å². The molecular weight excluding hydrogens is 338 g/mol. The van der Waals surface area contributed by atoms with E-state index in [0.29, 0.717) is 18.8 Å². The molecule has 0 bridgehead atoms. The van der Waals surface area contributed by atoms with Gasteiger partial charge in [-0.2, -0.15) is 0 Å². The molecule has 2 heterocycles. The van der Waals surface area contributed by atoms with Crippen LogP contribution in [0, 0.1) is 5.92 Å². The van der Waals surface area contributed by atoms with E-state index < -0.39 is 8.07 Å². The number of fused-ring (bicyclic) bond motifs is 1. The summed E-state index contributed by atoms with van der Waals surface area (Å²) in [6.07, 6.45) is 3.38. The van der Waals surface area contributed by atoms with Gasteiger partial charge in [0.05, 0.1) is 14.1 Å². The molecule has 144 valence electrons. The fourth-order valence-corrected chi connectivity index (χ4v) is 9.93. The standard InChI is InChI=1S/C22H35NO2Si/c1-6-26(7-2,8-3)21-14-18(23-22(21)16(4)5)11-9-17-10-12-19-20(13-17)25-15-24-19/h10,12-13,16,21-22H,6-9,11,14-15H2,1-5H3/t21-,22+/m0/s1. The van der Waals surface area contributed by atoms with Crippen LogP contribution in [-0.4, -0.2) is 26.6 Å². The van der Waals surface area contributed by atoms with Gasteiger partial charge in [-0.3, -0.25) is 4.99 Å². The summed E-state index contributed by atoms with van der Waals surface area (Å²) >= 11 is 0. The molecule has 3 rings (SSSR count). The van der Waals surface area contributed by atoms with E-state index in [0.717, 1.165) is 29.9 Å². The molecule has 0 fully saturated rings. The van der Waals surface area contributed by atoms with Crippen LogP contribution in [0.5, 0.6) is 11.5 Å². The van der Waals surface area contributed by atoms with Gasteiger partial charge in [0, 0.05) is 5.71 Å². The summed E-state index contributed by atoms with van der Waals surface area (Å²) in [6, 6.07) is 11.1. The van der Waals surface area contributed by atoms with E-state index in [2.05, 4.69) is 46.8 Å². The van der Waals surface area contributed by atoms with Gasteiger partial charge in [-0.25, -0.2) is 0 Å². The molecule has 0 unspecified atom stereocenters. The molecule has 0 saturated heterocycles. The minimum Gasteiger partial charge on any atom is -0.454 e. The van der Waals surface area contributed by atoms with E-state index >= 15 is 0 Å². The fraction of sp³-hybridized carbons (Fsp3) is 0.682. The second-order valence-corrected chi connectivity index (χ2v) is 13.9. The summed E-state index contributed by atoms with van der Waals surface area (Å²) in [7, 11) is -1.23. The van der Waals surface area contributed by atoms with Crippen molar-refractivity contribution in [3.8, 4) is 11.5 Å². The number of ether oxygens (including phenoxy) is 2.